The second-order valence-electron chi connectivity index (χ2n) is 5.64. The fraction of sp³-hybridized carbons (Fsp3) is 0.375. The first-order chi connectivity index (χ1) is 11.8. The van der Waals surface area contributed by atoms with E-state index in [1.54, 1.807) is 24.3 Å². The highest BCUT2D eigenvalue weighted by atomic mass is 16.7. The molecule has 0 saturated carbocycles. The number of carboxylic acids is 2. The quantitative estimate of drug-likeness (QED) is 0.647. The molecule has 1 heterocycles. The van der Waals surface area contributed by atoms with E-state index < -0.39 is 41.9 Å². The molecule has 1 aliphatic heterocycles. The predicted octanol–water partition coefficient (Wildman–Crippen LogP) is -0.196. The summed E-state index contributed by atoms with van der Waals surface area (Å²) >= 11 is 0. The molecule has 9 nitrogen and oxygen atoms in total. The van der Waals surface area contributed by atoms with Crippen LogP contribution in [0.1, 0.15) is 18.9 Å². The van der Waals surface area contributed by atoms with Crippen molar-refractivity contribution < 1.29 is 34.2 Å². The maximum Gasteiger partial charge on any atom is 0.335 e. The number of amides is 2. The van der Waals surface area contributed by atoms with E-state index in [0.717, 1.165) is 5.56 Å². The number of hydrogen-bond acceptors (Lipinski definition) is 5. The van der Waals surface area contributed by atoms with Crippen LogP contribution >= 0.6 is 0 Å². The molecule has 1 fully saturated rings. The largest absolute Gasteiger partial charge is 0.480 e. The van der Waals surface area contributed by atoms with Crippen molar-refractivity contribution in [2.45, 2.75) is 38.0 Å². The Bertz CT molecular complexity index is 676. The molecule has 1 saturated heterocycles. The predicted molar refractivity (Wildman–Crippen MR) is 83.1 cm³/mol. The minimum absolute atomic E-state index is 0.0550. The van der Waals surface area contributed by atoms with Crippen molar-refractivity contribution in [2.24, 2.45) is 0 Å². The standard InChI is InChI=1S/C16H18N2O7/c1-9(17-13(19)7-10-5-3-2-4-6-10)14(20)18-11(15(21)22)8-12(25-18)16(23)24/h2-6,9,11-12H,7-8H2,1H3,(H,17,19)(H,21,22)(H,23,24)/t9-,11+,12-/m0/s1. The van der Waals surface area contributed by atoms with Gasteiger partial charge in [0.25, 0.3) is 5.91 Å². The fourth-order valence-electron chi connectivity index (χ4n) is 2.43. The zero-order valence-electron chi connectivity index (χ0n) is 13.4. The van der Waals surface area contributed by atoms with Crippen molar-refractivity contribution in [1.29, 1.82) is 0 Å². The van der Waals surface area contributed by atoms with Crippen LogP contribution in [0, 0.1) is 0 Å². The van der Waals surface area contributed by atoms with E-state index in [0.29, 0.717) is 5.06 Å². The fourth-order valence-corrected chi connectivity index (χ4v) is 2.43. The van der Waals surface area contributed by atoms with Crippen LogP contribution in [0.2, 0.25) is 0 Å². The van der Waals surface area contributed by atoms with E-state index in [1.165, 1.54) is 6.92 Å². The molecule has 3 atom stereocenters. The molecule has 0 aromatic heterocycles. The molecule has 0 radical (unpaired) electrons. The Kier molecular flexibility index (Phi) is 5.71. The maximum atomic E-state index is 12.3. The second-order valence-corrected chi connectivity index (χ2v) is 5.64. The van der Waals surface area contributed by atoms with Crippen LogP contribution in [-0.2, 0) is 30.4 Å². The van der Waals surface area contributed by atoms with E-state index in [1.807, 2.05) is 6.07 Å². The SMILES string of the molecule is C[C@H](NC(=O)Cc1ccccc1)C(=O)N1O[C@H](C(=O)O)C[C@@H]1C(=O)O. The third-order valence-electron chi connectivity index (χ3n) is 3.69. The average molecular weight is 350 g/mol. The molecular weight excluding hydrogens is 332 g/mol. The molecule has 1 aromatic rings. The van der Waals surface area contributed by atoms with Crippen LogP contribution in [0.4, 0.5) is 0 Å². The summed E-state index contributed by atoms with van der Waals surface area (Å²) in [5, 5.41) is 21.1. The molecule has 1 aliphatic rings. The first-order valence-corrected chi connectivity index (χ1v) is 7.58. The van der Waals surface area contributed by atoms with Gasteiger partial charge in [0.1, 0.15) is 6.04 Å². The number of carbonyl (C=O) groups excluding carboxylic acids is 2. The van der Waals surface area contributed by atoms with Crippen LogP contribution in [0.5, 0.6) is 0 Å². The van der Waals surface area contributed by atoms with E-state index in [9.17, 15) is 19.2 Å². The van der Waals surface area contributed by atoms with E-state index in [-0.39, 0.29) is 12.8 Å². The number of rotatable bonds is 6. The zero-order chi connectivity index (χ0) is 18.6. The van der Waals surface area contributed by atoms with Crippen molar-refractivity contribution in [1.82, 2.24) is 10.4 Å². The minimum Gasteiger partial charge on any atom is -0.480 e. The molecule has 0 spiro atoms. The van der Waals surface area contributed by atoms with Gasteiger partial charge in [0.2, 0.25) is 5.91 Å². The molecule has 25 heavy (non-hydrogen) atoms. The average Bonchev–Trinajstić information content (AvgIpc) is 3.00. The van der Waals surface area contributed by atoms with Crippen molar-refractivity contribution in [3.63, 3.8) is 0 Å². The summed E-state index contributed by atoms with van der Waals surface area (Å²) in [5.74, 6) is -3.98. The van der Waals surface area contributed by atoms with Gasteiger partial charge in [0, 0.05) is 6.42 Å². The van der Waals surface area contributed by atoms with Crippen LogP contribution in [-0.4, -0.2) is 57.2 Å². The van der Waals surface area contributed by atoms with Crippen molar-refractivity contribution in [3.05, 3.63) is 35.9 Å². The first kappa shape index (κ1) is 18.4. The van der Waals surface area contributed by atoms with Crippen LogP contribution in [0.3, 0.4) is 0 Å². The van der Waals surface area contributed by atoms with Gasteiger partial charge in [-0.1, -0.05) is 30.3 Å². The van der Waals surface area contributed by atoms with Gasteiger partial charge in [0.05, 0.1) is 6.42 Å². The Labute approximate surface area is 143 Å². The van der Waals surface area contributed by atoms with Gasteiger partial charge >= 0.3 is 11.9 Å². The lowest BCUT2D eigenvalue weighted by atomic mass is 10.1. The summed E-state index contributed by atoms with van der Waals surface area (Å²) in [6, 6.07) is 6.40. The van der Waals surface area contributed by atoms with Gasteiger partial charge < -0.3 is 15.5 Å². The number of benzene rings is 1. The number of nitrogens with one attached hydrogen (secondary N) is 1. The summed E-state index contributed by atoms with van der Waals surface area (Å²) in [7, 11) is 0. The van der Waals surface area contributed by atoms with Gasteiger partial charge in [0.15, 0.2) is 12.1 Å². The highest BCUT2D eigenvalue weighted by Gasteiger charge is 2.45. The topological polar surface area (TPSA) is 133 Å². The molecule has 1 aromatic carbocycles. The molecule has 0 unspecified atom stereocenters. The maximum absolute atomic E-state index is 12.3. The molecule has 134 valence electrons. The van der Waals surface area contributed by atoms with Crippen LogP contribution in [0.25, 0.3) is 0 Å². The number of hydroxylamine groups is 2. The lowest BCUT2D eigenvalue weighted by Crippen LogP contribution is -2.50. The first-order valence-electron chi connectivity index (χ1n) is 7.58. The Morgan fingerprint density at radius 3 is 2.40 bits per heavy atom. The molecule has 3 N–H and O–H groups in total. The summed E-state index contributed by atoms with van der Waals surface area (Å²) in [6.45, 7) is 1.38. The molecule has 2 amide bonds. The number of hydrogen-bond donors (Lipinski definition) is 3. The minimum atomic E-state index is -1.42. The van der Waals surface area contributed by atoms with Crippen LogP contribution < -0.4 is 5.32 Å². The van der Waals surface area contributed by atoms with Gasteiger partial charge in [-0.05, 0) is 12.5 Å². The highest BCUT2D eigenvalue weighted by Crippen LogP contribution is 2.22. The summed E-state index contributed by atoms with van der Waals surface area (Å²) in [6.07, 6.45) is -1.72. The van der Waals surface area contributed by atoms with E-state index >= 15 is 0 Å². The van der Waals surface area contributed by atoms with Gasteiger partial charge in [-0.3, -0.25) is 14.4 Å². The molecule has 0 aliphatic carbocycles. The third kappa shape index (κ3) is 4.54. The summed E-state index contributed by atoms with van der Waals surface area (Å²) < 4.78 is 0. The lowest BCUT2D eigenvalue weighted by molar-refractivity contribution is -0.200. The Hall–Kier alpha value is -2.94. The highest BCUT2D eigenvalue weighted by molar-refractivity contribution is 5.91. The third-order valence-corrected chi connectivity index (χ3v) is 3.69. The molecule has 2 rings (SSSR count). The summed E-state index contributed by atoms with van der Waals surface area (Å²) in [5.41, 5.74) is 0.756. The second kappa shape index (κ2) is 7.75. The molecule has 0 bridgehead atoms. The van der Waals surface area contributed by atoms with Crippen molar-refractivity contribution in [3.8, 4) is 0 Å². The number of aliphatic carboxylic acids is 2. The Balaban J connectivity index is 1.99. The molecular formula is C16H18N2O7. The van der Waals surface area contributed by atoms with E-state index in [2.05, 4.69) is 5.32 Å². The van der Waals surface area contributed by atoms with Gasteiger partial charge in [-0.15, -0.1) is 0 Å². The smallest absolute Gasteiger partial charge is 0.335 e. The number of carbonyl (C=O) groups is 4. The normalized spacial score (nSPS) is 20.8. The lowest BCUT2D eigenvalue weighted by Gasteiger charge is -2.23. The van der Waals surface area contributed by atoms with E-state index in [4.69, 9.17) is 15.1 Å². The Morgan fingerprint density at radius 2 is 1.84 bits per heavy atom. The van der Waals surface area contributed by atoms with Crippen LogP contribution in [0.15, 0.2) is 30.3 Å². The number of nitrogens with zero attached hydrogens (tertiary/aromatic N) is 1. The van der Waals surface area contributed by atoms with Crippen molar-refractivity contribution >= 4 is 23.8 Å². The Morgan fingerprint density at radius 1 is 1.20 bits per heavy atom. The van der Waals surface area contributed by atoms with Crippen molar-refractivity contribution in [2.75, 3.05) is 0 Å². The number of carboxylic acid groups (broad SMARTS) is 2. The monoisotopic (exact) mass is 350 g/mol. The molecule has 9 heteroatoms. The van der Waals surface area contributed by atoms with Gasteiger partial charge in [-0.2, -0.15) is 0 Å². The zero-order valence-corrected chi connectivity index (χ0v) is 13.4. The van der Waals surface area contributed by atoms with Gasteiger partial charge in [-0.25, -0.2) is 14.7 Å². The summed E-state index contributed by atoms with van der Waals surface area (Å²) in [4.78, 5) is 51.5.